The maximum absolute atomic E-state index is 12.2. The second kappa shape index (κ2) is 4.73. The largest absolute Gasteiger partial charge is 0.367 e. The Hall–Kier alpha value is -1.95. The van der Waals surface area contributed by atoms with E-state index in [1.54, 1.807) is 30.2 Å². The third-order valence-corrected chi connectivity index (χ3v) is 2.99. The van der Waals surface area contributed by atoms with Crippen LogP contribution in [0.4, 0.5) is 0 Å². The molecule has 1 aromatic heterocycles. The van der Waals surface area contributed by atoms with Crippen molar-refractivity contribution in [2.75, 3.05) is 19.7 Å². The molecule has 1 saturated heterocycles. The number of ether oxygens (including phenoxy) is 1. The number of pyridine rings is 1. The van der Waals surface area contributed by atoms with Gasteiger partial charge in [0.25, 0.3) is 11.8 Å². The summed E-state index contributed by atoms with van der Waals surface area (Å²) in [6, 6.07) is 3.38. The van der Waals surface area contributed by atoms with Gasteiger partial charge in [-0.1, -0.05) is 0 Å². The van der Waals surface area contributed by atoms with Crippen molar-refractivity contribution in [3.8, 4) is 0 Å². The second-order valence-corrected chi connectivity index (χ2v) is 4.41. The molecule has 2 amide bonds. The van der Waals surface area contributed by atoms with E-state index in [2.05, 4.69) is 4.98 Å². The number of nitrogens with zero attached hydrogens (tertiary/aromatic N) is 2. The van der Waals surface area contributed by atoms with Crippen LogP contribution in [0, 0.1) is 0 Å². The monoisotopic (exact) mass is 249 g/mol. The molecule has 0 saturated carbocycles. The van der Waals surface area contributed by atoms with Crippen LogP contribution in [0.3, 0.4) is 0 Å². The molecule has 0 bridgehead atoms. The van der Waals surface area contributed by atoms with Crippen molar-refractivity contribution in [1.29, 1.82) is 0 Å². The van der Waals surface area contributed by atoms with Gasteiger partial charge in [-0.25, -0.2) is 0 Å². The number of morpholine rings is 1. The Morgan fingerprint density at radius 2 is 2.33 bits per heavy atom. The van der Waals surface area contributed by atoms with Crippen LogP contribution in [0.15, 0.2) is 24.5 Å². The predicted molar refractivity (Wildman–Crippen MR) is 63.7 cm³/mol. The smallest absolute Gasteiger partial charge is 0.255 e. The Labute approximate surface area is 105 Å². The zero-order chi connectivity index (χ0) is 13.2. The summed E-state index contributed by atoms with van der Waals surface area (Å²) in [4.78, 5) is 29.0. The van der Waals surface area contributed by atoms with Crippen LogP contribution >= 0.6 is 0 Å². The van der Waals surface area contributed by atoms with Crippen molar-refractivity contribution in [3.05, 3.63) is 30.1 Å². The second-order valence-electron chi connectivity index (χ2n) is 4.41. The van der Waals surface area contributed by atoms with Gasteiger partial charge >= 0.3 is 0 Å². The molecule has 6 nitrogen and oxygen atoms in total. The third-order valence-electron chi connectivity index (χ3n) is 2.99. The highest BCUT2D eigenvalue weighted by molar-refractivity contribution is 5.94. The molecule has 6 heteroatoms. The molecule has 1 aliphatic rings. The Kier molecular flexibility index (Phi) is 3.29. The van der Waals surface area contributed by atoms with Crippen molar-refractivity contribution in [1.82, 2.24) is 9.88 Å². The predicted octanol–water partition coefficient (Wildman–Crippen LogP) is -0.202. The number of aromatic nitrogens is 1. The van der Waals surface area contributed by atoms with Crippen LogP contribution in [0.5, 0.6) is 0 Å². The average Bonchev–Trinajstić information content (AvgIpc) is 2.39. The molecule has 2 heterocycles. The lowest BCUT2D eigenvalue weighted by Crippen LogP contribution is -2.58. The van der Waals surface area contributed by atoms with E-state index in [9.17, 15) is 9.59 Å². The fourth-order valence-electron chi connectivity index (χ4n) is 1.86. The highest BCUT2D eigenvalue weighted by Gasteiger charge is 2.39. The average molecular weight is 249 g/mol. The van der Waals surface area contributed by atoms with Crippen LogP contribution in [-0.2, 0) is 9.53 Å². The minimum absolute atomic E-state index is 0.163. The molecule has 1 unspecified atom stereocenters. The lowest BCUT2D eigenvalue weighted by Gasteiger charge is -2.38. The highest BCUT2D eigenvalue weighted by atomic mass is 16.5. The molecule has 2 N–H and O–H groups in total. The lowest BCUT2D eigenvalue weighted by molar-refractivity contribution is -0.150. The molecular weight excluding hydrogens is 234 g/mol. The quantitative estimate of drug-likeness (QED) is 0.786. The van der Waals surface area contributed by atoms with Gasteiger partial charge in [0.1, 0.15) is 0 Å². The van der Waals surface area contributed by atoms with E-state index in [4.69, 9.17) is 10.5 Å². The number of amides is 2. The van der Waals surface area contributed by atoms with Gasteiger partial charge in [0.15, 0.2) is 5.60 Å². The molecule has 2 rings (SSSR count). The molecular formula is C12H15N3O3. The normalized spacial score (nSPS) is 23.7. The van der Waals surface area contributed by atoms with E-state index >= 15 is 0 Å². The Bertz CT molecular complexity index is 463. The first-order chi connectivity index (χ1) is 8.53. The first-order valence-electron chi connectivity index (χ1n) is 5.66. The highest BCUT2D eigenvalue weighted by Crippen LogP contribution is 2.18. The van der Waals surface area contributed by atoms with Crippen LogP contribution in [0.2, 0.25) is 0 Å². The minimum Gasteiger partial charge on any atom is -0.367 e. The van der Waals surface area contributed by atoms with Gasteiger partial charge < -0.3 is 15.4 Å². The van der Waals surface area contributed by atoms with E-state index in [0.29, 0.717) is 18.7 Å². The SMILES string of the molecule is CC1(C(N)=O)CN(C(=O)c2cccnc2)CCO1. The summed E-state index contributed by atoms with van der Waals surface area (Å²) in [6.45, 7) is 2.50. The van der Waals surface area contributed by atoms with Crippen molar-refractivity contribution in [3.63, 3.8) is 0 Å². The van der Waals surface area contributed by atoms with Gasteiger partial charge in [-0.3, -0.25) is 14.6 Å². The van der Waals surface area contributed by atoms with Crippen LogP contribution < -0.4 is 5.73 Å². The van der Waals surface area contributed by atoms with Crippen molar-refractivity contribution >= 4 is 11.8 Å². The summed E-state index contributed by atoms with van der Waals surface area (Å²) in [5.74, 6) is -0.731. The van der Waals surface area contributed by atoms with Gasteiger partial charge in [-0.05, 0) is 19.1 Å². The molecule has 96 valence electrons. The summed E-state index contributed by atoms with van der Waals surface area (Å²) in [7, 11) is 0. The standard InChI is InChI=1S/C12H15N3O3/c1-12(11(13)17)8-15(5-6-18-12)10(16)9-3-2-4-14-7-9/h2-4,7H,5-6,8H2,1H3,(H2,13,17). The van der Waals surface area contributed by atoms with E-state index in [0.717, 1.165) is 0 Å². The first kappa shape index (κ1) is 12.5. The summed E-state index contributed by atoms with van der Waals surface area (Å²) >= 11 is 0. The molecule has 1 fully saturated rings. The Morgan fingerprint density at radius 1 is 1.56 bits per heavy atom. The zero-order valence-electron chi connectivity index (χ0n) is 10.1. The molecule has 1 atom stereocenters. The number of carbonyl (C=O) groups is 2. The zero-order valence-corrected chi connectivity index (χ0v) is 10.1. The van der Waals surface area contributed by atoms with Gasteiger partial charge in [0.2, 0.25) is 0 Å². The maximum atomic E-state index is 12.2. The number of rotatable bonds is 2. The van der Waals surface area contributed by atoms with Crippen molar-refractivity contribution in [2.24, 2.45) is 5.73 Å². The summed E-state index contributed by atoms with van der Waals surface area (Å²) in [5.41, 5.74) is 4.67. The third kappa shape index (κ3) is 2.33. The van der Waals surface area contributed by atoms with Gasteiger partial charge in [0.05, 0.1) is 18.7 Å². The van der Waals surface area contributed by atoms with Crippen LogP contribution in [0.25, 0.3) is 0 Å². The molecule has 0 radical (unpaired) electrons. The lowest BCUT2D eigenvalue weighted by atomic mass is 10.0. The van der Waals surface area contributed by atoms with Crippen molar-refractivity contribution < 1.29 is 14.3 Å². The maximum Gasteiger partial charge on any atom is 0.255 e. The van der Waals surface area contributed by atoms with Crippen LogP contribution in [-0.4, -0.2) is 47.0 Å². The topological polar surface area (TPSA) is 85.5 Å². The molecule has 0 aromatic carbocycles. The Balaban J connectivity index is 2.15. The molecule has 0 aliphatic carbocycles. The fourth-order valence-corrected chi connectivity index (χ4v) is 1.86. The van der Waals surface area contributed by atoms with E-state index in [1.165, 1.54) is 6.20 Å². The number of hydrogen-bond acceptors (Lipinski definition) is 4. The summed E-state index contributed by atoms with van der Waals surface area (Å²) in [6.07, 6.45) is 3.10. The van der Waals surface area contributed by atoms with Gasteiger partial charge in [0, 0.05) is 18.9 Å². The summed E-state index contributed by atoms with van der Waals surface area (Å²) in [5, 5.41) is 0. The number of carbonyl (C=O) groups excluding carboxylic acids is 2. The van der Waals surface area contributed by atoms with Crippen molar-refractivity contribution in [2.45, 2.75) is 12.5 Å². The van der Waals surface area contributed by atoms with E-state index < -0.39 is 11.5 Å². The molecule has 18 heavy (non-hydrogen) atoms. The minimum atomic E-state index is -1.11. The fraction of sp³-hybridized carbons (Fsp3) is 0.417. The van der Waals surface area contributed by atoms with Gasteiger partial charge in [-0.2, -0.15) is 0 Å². The number of primary amides is 1. The van der Waals surface area contributed by atoms with Crippen LogP contribution in [0.1, 0.15) is 17.3 Å². The molecule has 0 spiro atoms. The van der Waals surface area contributed by atoms with Gasteiger partial charge in [-0.15, -0.1) is 0 Å². The first-order valence-corrected chi connectivity index (χ1v) is 5.66. The number of hydrogen-bond donors (Lipinski definition) is 1. The summed E-state index contributed by atoms with van der Waals surface area (Å²) < 4.78 is 5.36. The van der Waals surface area contributed by atoms with E-state index in [-0.39, 0.29) is 12.5 Å². The molecule has 1 aliphatic heterocycles. The number of nitrogens with two attached hydrogens (primary N) is 1. The Morgan fingerprint density at radius 3 is 2.94 bits per heavy atom. The molecule has 1 aromatic rings. The van der Waals surface area contributed by atoms with E-state index in [1.807, 2.05) is 0 Å².